The quantitative estimate of drug-likeness (QED) is 0.737. The highest BCUT2D eigenvalue weighted by Crippen LogP contribution is 2.18. The molecule has 1 amide bonds. The van der Waals surface area contributed by atoms with Gasteiger partial charge >= 0.3 is 0 Å². The number of anilines is 2. The van der Waals surface area contributed by atoms with E-state index in [-0.39, 0.29) is 23.2 Å². The molecule has 0 spiro atoms. The molecule has 2 aromatic carbocycles. The number of hydrogen-bond acceptors (Lipinski definition) is 4. The molecule has 5 nitrogen and oxygen atoms in total. The van der Waals surface area contributed by atoms with Crippen molar-refractivity contribution >= 4 is 17.5 Å². The van der Waals surface area contributed by atoms with Crippen LogP contribution in [0.1, 0.15) is 21.7 Å². The van der Waals surface area contributed by atoms with Crippen molar-refractivity contribution in [1.82, 2.24) is 14.9 Å². The summed E-state index contributed by atoms with van der Waals surface area (Å²) in [5.74, 6) is -2.05. The van der Waals surface area contributed by atoms with Gasteiger partial charge in [0, 0.05) is 31.0 Å². The van der Waals surface area contributed by atoms with Crippen molar-refractivity contribution in [2.24, 2.45) is 0 Å². The maximum atomic E-state index is 13.4. The maximum absolute atomic E-state index is 13.4. The van der Waals surface area contributed by atoms with Crippen LogP contribution in [0.15, 0.2) is 54.6 Å². The standard InChI is InChI=1S/C20H18F2N4O/c1-13-10-18(19(27)26(2)12-14-6-4-3-5-7-14)25-20(23-13)24-15-8-9-16(21)17(22)11-15/h3-11H,12H2,1-2H3,(H,23,24,25). The van der Waals surface area contributed by atoms with E-state index in [0.29, 0.717) is 12.2 Å². The van der Waals surface area contributed by atoms with Gasteiger partial charge in [-0.2, -0.15) is 0 Å². The van der Waals surface area contributed by atoms with Crippen LogP contribution in [0.4, 0.5) is 20.4 Å². The summed E-state index contributed by atoms with van der Waals surface area (Å²) in [6.07, 6.45) is 0. The van der Waals surface area contributed by atoms with E-state index in [1.807, 2.05) is 30.3 Å². The Bertz CT molecular complexity index is 963. The lowest BCUT2D eigenvalue weighted by Gasteiger charge is -2.17. The Balaban J connectivity index is 1.79. The fourth-order valence-corrected chi connectivity index (χ4v) is 2.56. The number of carbonyl (C=O) groups is 1. The van der Waals surface area contributed by atoms with Crippen LogP contribution in [0.3, 0.4) is 0 Å². The van der Waals surface area contributed by atoms with Crippen molar-refractivity contribution in [3.8, 4) is 0 Å². The average Bonchev–Trinajstić information content (AvgIpc) is 2.64. The molecule has 0 saturated heterocycles. The summed E-state index contributed by atoms with van der Waals surface area (Å²) in [6.45, 7) is 2.17. The first-order chi connectivity index (χ1) is 12.9. The summed E-state index contributed by atoms with van der Waals surface area (Å²) >= 11 is 0. The maximum Gasteiger partial charge on any atom is 0.272 e. The normalized spacial score (nSPS) is 10.5. The van der Waals surface area contributed by atoms with Gasteiger partial charge < -0.3 is 10.2 Å². The SMILES string of the molecule is Cc1cc(C(=O)N(C)Cc2ccccc2)nc(Nc2ccc(F)c(F)c2)n1. The van der Waals surface area contributed by atoms with Crippen LogP contribution in [0.25, 0.3) is 0 Å². The zero-order valence-electron chi connectivity index (χ0n) is 14.9. The molecular formula is C20H18F2N4O. The predicted octanol–water partition coefficient (Wildman–Crippen LogP) is 4.08. The van der Waals surface area contributed by atoms with E-state index in [1.165, 1.54) is 6.07 Å². The van der Waals surface area contributed by atoms with Crippen LogP contribution in [0, 0.1) is 18.6 Å². The smallest absolute Gasteiger partial charge is 0.272 e. The third-order valence-electron chi connectivity index (χ3n) is 3.86. The van der Waals surface area contributed by atoms with Crippen LogP contribution < -0.4 is 5.32 Å². The highest BCUT2D eigenvalue weighted by molar-refractivity contribution is 5.92. The van der Waals surface area contributed by atoms with Gasteiger partial charge in [0.2, 0.25) is 5.95 Å². The van der Waals surface area contributed by atoms with Gasteiger partial charge in [0.1, 0.15) is 5.69 Å². The Labute approximate surface area is 155 Å². The molecule has 0 aliphatic carbocycles. The van der Waals surface area contributed by atoms with E-state index in [0.717, 1.165) is 17.7 Å². The first kappa shape index (κ1) is 18.4. The number of nitrogens with one attached hydrogen (secondary N) is 1. The molecule has 1 heterocycles. The van der Waals surface area contributed by atoms with Crippen LogP contribution in [-0.2, 0) is 6.54 Å². The van der Waals surface area contributed by atoms with E-state index in [4.69, 9.17) is 0 Å². The van der Waals surface area contributed by atoms with Crippen molar-refractivity contribution in [3.63, 3.8) is 0 Å². The molecule has 3 rings (SSSR count). The number of amides is 1. The second-order valence-electron chi connectivity index (χ2n) is 6.12. The van der Waals surface area contributed by atoms with Crippen molar-refractivity contribution < 1.29 is 13.6 Å². The number of aryl methyl sites for hydroxylation is 1. The van der Waals surface area contributed by atoms with E-state index >= 15 is 0 Å². The van der Waals surface area contributed by atoms with Crippen molar-refractivity contribution in [2.75, 3.05) is 12.4 Å². The molecule has 0 fully saturated rings. The van der Waals surface area contributed by atoms with E-state index in [1.54, 1.807) is 24.9 Å². The van der Waals surface area contributed by atoms with Gasteiger partial charge in [0.15, 0.2) is 11.6 Å². The Morgan fingerprint density at radius 2 is 1.78 bits per heavy atom. The fourth-order valence-electron chi connectivity index (χ4n) is 2.56. The summed E-state index contributed by atoms with van der Waals surface area (Å²) in [7, 11) is 1.69. The fraction of sp³-hybridized carbons (Fsp3) is 0.150. The molecule has 0 unspecified atom stereocenters. The highest BCUT2D eigenvalue weighted by atomic mass is 19.2. The molecule has 0 atom stereocenters. The minimum Gasteiger partial charge on any atom is -0.336 e. The molecule has 3 aromatic rings. The summed E-state index contributed by atoms with van der Waals surface area (Å²) in [5, 5.41) is 2.80. The Kier molecular flexibility index (Phi) is 5.40. The molecule has 27 heavy (non-hydrogen) atoms. The van der Waals surface area contributed by atoms with Gasteiger partial charge in [-0.25, -0.2) is 18.7 Å². The van der Waals surface area contributed by atoms with Crippen molar-refractivity contribution in [3.05, 3.63) is 83.2 Å². The minimum absolute atomic E-state index is 0.137. The van der Waals surface area contributed by atoms with Gasteiger partial charge in [-0.15, -0.1) is 0 Å². The molecular weight excluding hydrogens is 350 g/mol. The van der Waals surface area contributed by atoms with Gasteiger partial charge in [-0.3, -0.25) is 4.79 Å². The zero-order valence-corrected chi connectivity index (χ0v) is 14.9. The number of hydrogen-bond donors (Lipinski definition) is 1. The number of halogens is 2. The molecule has 138 valence electrons. The third-order valence-corrected chi connectivity index (χ3v) is 3.86. The lowest BCUT2D eigenvalue weighted by molar-refractivity contribution is 0.0779. The lowest BCUT2D eigenvalue weighted by Crippen LogP contribution is -2.27. The lowest BCUT2D eigenvalue weighted by atomic mass is 10.2. The third kappa shape index (κ3) is 4.63. The van der Waals surface area contributed by atoms with Crippen LogP contribution in [0.5, 0.6) is 0 Å². The summed E-state index contributed by atoms with van der Waals surface area (Å²) in [4.78, 5) is 22.7. The molecule has 0 bridgehead atoms. The average molecular weight is 368 g/mol. The first-order valence-electron chi connectivity index (χ1n) is 8.29. The highest BCUT2D eigenvalue weighted by Gasteiger charge is 2.16. The summed E-state index contributed by atoms with van der Waals surface area (Å²) in [5.41, 5.74) is 2.08. The second-order valence-corrected chi connectivity index (χ2v) is 6.12. The molecule has 1 N–H and O–H groups in total. The summed E-state index contributed by atoms with van der Waals surface area (Å²) < 4.78 is 26.4. The minimum atomic E-state index is -0.980. The second kappa shape index (κ2) is 7.90. The Morgan fingerprint density at radius 3 is 2.48 bits per heavy atom. The molecule has 0 aliphatic heterocycles. The van der Waals surface area contributed by atoms with Gasteiger partial charge in [0.25, 0.3) is 5.91 Å². The van der Waals surface area contributed by atoms with E-state index in [9.17, 15) is 13.6 Å². The van der Waals surface area contributed by atoms with Gasteiger partial charge in [-0.1, -0.05) is 30.3 Å². The molecule has 0 aliphatic rings. The van der Waals surface area contributed by atoms with E-state index < -0.39 is 11.6 Å². The zero-order chi connectivity index (χ0) is 19.4. The van der Waals surface area contributed by atoms with Crippen LogP contribution in [-0.4, -0.2) is 27.8 Å². The van der Waals surface area contributed by atoms with Crippen LogP contribution in [0.2, 0.25) is 0 Å². The number of carbonyl (C=O) groups excluding carboxylic acids is 1. The van der Waals surface area contributed by atoms with Crippen molar-refractivity contribution in [1.29, 1.82) is 0 Å². The molecule has 7 heteroatoms. The van der Waals surface area contributed by atoms with Crippen LogP contribution >= 0.6 is 0 Å². The monoisotopic (exact) mass is 368 g/mol. The Hall–Kier alpha value is -3.35. The number of aromatic nitrogens is 2. The predicted molar refractivity (Wildman–Crippen MR) is 98.6 cm³/mol. The van der Waals surface area contributed by atoms with Crippen molar-refractivity contribution in [2.45, 2.75) is 13.5 Å². The van der Waals surface area contributed by atoms with E-state index in [2.05, 4.69) is 15.3 Å². The summed E-state index contributed by atoms with van der Waals surface area (Å²) in [6, 6.07) is 14.6. The Morgan fingerprint density at radius 1 is 1.04 bits per heavy atom. The topological polar surface area (TPSA) is 58.1 Å². The molecule has 1 aromatic heterocycles. The van der Waals surface area contributed by atoms with Gasteiger partial charge in [0.05, 0.1) is 0 Å². The molecule has 0 saturated carbocycles. The first-order valence-corrected chi connectivity index (χ1v) is 8.29. The largest absolute Gasteiger partial charge is 0.336 e. The number of rotatable bonds is 5. The number of benzene rings is 2. The van der Waals surface area contributed by atoms with Gasteiger partial charge in [-0.05, 0) is 30.7 Å². The number of nitrogens with zero attached hydrogens (tertiary/aromatic N) is 3. The molecule has 0 radical (unpaired) electrons.